The van der Waals surface area contributed by atoms with E-state index in [4.69, 9.17) is 4.74 Å². The number of ether oxygens (including phenoxy) is 1. The fraction of sp³-hybridized carbons (Fsp3) is 0.500. The summed E-state index contributed by atoms with van der Waals surface area (Å²) in [5.41, 5.74) is 1.18. The van der Waals surface area contributed by atoms with Crippen LogP contribution in [0.4, 0.5) is 0 Å². The Morgan fingerprint density at radius 1 is 1.47 bits per heavy atom. The minimum Gasteiger partial charge on any atom is -0.480 e. The summed E-state index contributed by atoms with van der Waals surface area (Å²) in [4.78, 5) is 11.4. The molecule has 5 heteroatoms. The average molecular weight is 329 g/mol. The summed E-state index contributed by atoms with van der Waals surface area (Å²) in [6, 6.07) is 5.89. The van der Waals surface area contributed by atoms with Crippen LogP contribution in [0.2, 0.25) is 0 Å². The lowest BCUT2D eigenvalue weighted by molar-refractivity contribution is -0.126. The Morgan fingerprint density at radius 2 is 2.21 bits per heavy atom. The van der Waals surface area contributed by atoms with Crippen LogP contribution in [0.5, 0.6) is 5.75 Å². The molecule has 1 atom stereocenters. The summed E-state index contributed by atoms with van der Waals surface area (Å²) < 4.78 is 6.46. The monoisotopic (exact) mass is 328 g/mol. The van der Waals surface area contributed by atoms with Gasteiger partial charge in [0.05, 0.1) is 4.47 Å². The average Bonchev–Trinajstić information content (AvgIpc) is 2.41. The first-order valence-corrected chi connectivity index (χ1v) is 7.25. The molecule has 0 radical (unpaired) electrons. The molecule has 106 valence electrons. The number of hydrogen-bond acceptors (Lipinski definition) is 3. The van der Waals surface area contributed by atoms with Crippen molar-refractivity contribution in [2.45, 2.75) is 32.9 Å². The molecule has 0 fully saturated rings. The molecule has 0 bridgehead atoms. The first-order chi connectivity index (χ1) is 9.08. The van der Waals surface area contributed by atoms with E-state index in [9.17, 15) is 4.79 Å². The second-order valence-corrected chi connectivity index (χ2v) is 5.17. The largest absolute Gasteiger partial charge is 0.480 e. The van der Waals surface area contributed by atoms with Crippen LogP contribution < -0.4 is 15.4 Å². The number of rotatable bonds is 7. The predicted octanol–water partition coefficient (Wildman–Crippen LogP) is 2.46. The van der Waals surface area contributed by atoms with Crippen molar-refractivity contribution in [2.24, 2.45) is 0 Å². The molecule has 1 unspecified atom stereocenters. The molecule has 19 heavy (non-hydrogen) atoms. The predicted molar refractivity (Wildman–Crippen MR) is 80.3 cm³/mol. The summed E-state index contributed by atoms with van der Waals surface area (Å²) >= 11 is 3.47. The Bertz CT molecular complexity index is 424. The zero-order valence-electron chi connectivity index (χ0n) is 11.6. The van der Waals surface area contributed by atoms with Crippen LogP contribution in [-0.2, 0) is 11.3 Å². The first-order valence-electron chi connectivity index (χ1n) is 6.45. The van der Waals surface area contributed by atoms with Crippen molar-refractivity contribution >= 4 is 21.8 Å². The van der Waals surface area contributed by atoms with E-state index in [1.165, 1.54) is 5.56 Å². The number of carbonyl (C=O) groups is 1. The smallest absolute Gasteiger partial charge is 0.260 e. The van der Waals surface area contributed by atoms with E-state index in [2.05, 4.69) is 33.5 Å². The Morgan fingerprint density at radius 3 is 2.79 bits per heavy atom. The molecule has 1 aromatic carbocycles. The summed E-state index contributed by atoms with van der Waals surface area (Å²) in [6.45, 7) is 5.70. The van der Waals surface area contributed by atoms with Gasteiger partial charge in [-0.25, -0.2) is 0 Å². The van der Waals surface area contributed by atoms with Crippen LogP contribution in [0.15, 0.2) is 22.7 Å². The van der Waals surface area contributed by atoms with Crippen LogP contribution in [0.3, 0.4) is 0 Å². The van der Waals surface area contributed by atoms with E-state index in [1.807, 2.05) is 18.2 Å². The molecular formula is C14H21BrN2O2. The minimum atomic E-state index is -0.509. The van der Waals surface area contributed by atoms with Crippen molar-refractivity contribution in [3.05, 3.63) is 28.2 Å². The number of likely N-dealkylation sites (N-methyl/N-ethyl adjacent to an activating group) is 1. The standard InChI is InChI=1S/C14H21BrN2O2/c1-4-7-17-9-11-5-6-13(12(15)8-11)19-10(2)14(18)16-3/h5-6,8,10,17H,4,7,9H2,1-3H3,(H,16,18). The normalized spacial score (nSPS) is 12.0. The number of nitrogens with one attached hydrogen (secondary N) is 2. The maximum atomic E-state index is 11.4. The Labute approximate surface area is 123 Å². The Kier molecular flexibility index (Phi) is 6.87. The van der Waals surface area contributed by atoms with Gasteiger partial charge in [-0.15, -0.1) is 0 Å². The van der Waals surface area contributed by atoms with Crippen LogP contribution in [0, 0.1) is 0 Å². The molecule has 1 amide bonds. The maximum absolute atomic E-state index is 11.4. The Hall–Kier alpha value is -1.07. The molecule has 0 aliphatic rings. The lowest BCUT2D eigenvalue weighted by Crippen LogP contribution is -2.33. The fourth-order valence-corrected chi connectivity index (χ4v) is 2.13. The van der Waals surface area contributed by atoms with E-state index < -0.39 is 6.10 Å². The molecule has 0 heterocycles. The zero-order valence-corrected chi connectivity index (χ0v) is 13.2. The number of benzene rings is 1. The van der Waals surface area contributed by atoms with Gasteiger partial charge in [0.1, 0.15) is 5.75 Å². The second kappa shape index (κ2) is 8.17. The number of halogens is 1. The first kappa shape index (κ1) is 16.0. The van der Waals surface area contributed by atoms with Crippen molar-refractivity contribution in [1.29, 1.82) is 0 Å². The molecular weight excluding hydrogens is 308 g/mol. The molecule has 0 aromatic heterocycles. The van der Waals surface area contributed by atoms with E-state index in [1.54, 1.807) is 14.0 Å². The quantitative estimate of drug-likeness (QED) is 0.756. The van der Waals surface area contributed by atoms with Gasteiger partial charge in [-0.2, -0.15) is 0 Å². The van der Waals surface area contributed by atoms with Gasteiger partial charge in [0.2, 0.25) is 0 Å². The number of hydrogen-bond donors (Lipinski definition) is 2. The molecule has 0 spiro atoms. The van der Waals surface area contributed by atoms with Gasteiger partial charge in [0.25, 0.3) is 5.91 Å². The highest BCUT2D eigenvalue weighted by Gasteiger charge is 2.14. The molecule has 1 rings (SSSR count). The Balaban J connectivity index is 2.64. The van der Waals surface area contributed by atoms with Crippen molar-refractivity contribution in [3.63, 3.8) is 0 Å². The van der Waals surface area contributed by atoms with Crippen LogP contribution in [0.1, 0.15) is 25.8 Å². The van der Waals surface area contributed by atoms with Gasteiger partial charge < -0.3 is 15.4 Å². The van der Waals surface area contributed by atoms with Gasteiger partial charge in [-0.1, -0.05) is 13.0 Å². The van der Waals surface area contributed by atoms with Crippen LogP contribution in [-0.4, -0.2) is 25.6 Å². The van der Waals surface area contributed by atoms with Gasteiger partial charge in [-0.05, 0) is 53.5 Å². The van der Waals surface area contributed by atoms with E-state index in [0.717, 1.165) is 24.0 Å². The van der Waals surface area contributed by atoms with Crippen LogP contribution in [0.25, 0.3) is 0 Å². The SMILES string of the molecule is CCCNCc1ccc(OC(C)C(=O)NC)c(Br)c1. The topological polar surface area (TPSA) is 50.4 Å². The molecule has 0 saturated heterocycles. The lowest BCUT2D eigenvalue weighted by atomic mass is 10.2. The van der Waals surface area contributed by atoms with E-state index >= 15 is 0 Å². The maximum Gasteiger partial charge on any atom is 0.260 e. The minimum absolute atomic E-state index is 0.138. The van der Waals surface area contributed by atoms with E-state index in [-0.39, 0.29) is 5.91 Å². The summed E-state index contributed by atoms with van der Waals surface area (Å²) in [5.74, 6) is 0.538. The molecule has 4 nitrogen and oxygen atoms in total. The van der Waals surface area contributed by atoms with Crippen molar-refractivity contribution in [1.82, 2.24) is 10.6 Å². The van der Waals surface area contributed by atoms with Gasteiger partial charge >= 0.3 is 0 Å². The summed E-state index contributed by atoms with van der Waals surface area (Å²) in [5, 5.41) is 5.90. The fourth-order valence-electron chi connectivity index (χ4n) is 1.61. The summed E-state index contributed by atoms with van der Waals surface area (Å²) in [6.07, 6.45) is 0.608. The molecule has 2 N–H and O–H groups in total. The molecule has 0 aliphatic heterocycles. The highest BCUT2D eigenvalue weighted by atomic mass is 79.9. The van der Waals surface area contributed by atoms with Crippen LogP contribution >= 0.6 is 15.9 Å². The van der Waals surface area contributed by atoms with E-state index in [0.29, 0.717) is 5.75 Å². The second-order valence-electron chi connectivity index (χ2n) is 4.32. The third kappa shape index (κ3) is 5.20. The highest BCUT2D eigenvalue weighted by molar-refractivity contribution is 9.10. The van der Waals surface area contributed by atoms with Gasteiger partial charge in [0, 0.05) is 13.6 Å². The third-order valence-corrected chi connectivity index (χ3v) is 3.29. The number of amides is 1. The highest BCUT2D eigenvalue weighted by Crippen LogP contribution is 2.27. The summed E-state index contributed by atoms with van der Waals surface area (Å²) in [7, 11) is 1.60. The zero-order chi connectivity index (χ0) is 14.3. The number of carbonyl (C=O) groups excluding carboxylic acids is 1. The molecule has 0 saturated carbocycles. The molecule has 1 aromatic rings. The third-order valence-electron chi connectivity index (χ3n) is 2.67. The molecule has 0 aliphatic carbocycles. The van der Waals surface area contributed by atoms with Crippen molar-refractivity contribution in [3.8, 4) is 5.75 Å². The van der Waals surface area contributed by atoms with Gasteiger partial charge in [-0.3, -0.25) is 4.79 Å². The van der Waals surface area contributed by atoms with Crippen molar-refractivity contribution in [2.75, 3.05) is 13.6 Å². The van der Waals surface area contributed by atoms with Crippen molar-refractivity contribution < 1.29 is 9.53 Å². The van der Waals surface area contributed by atoms with Gasteiger partial charge in [0.15, 0.2) is 6.10 Å². The lowest BCUT2D eigenvalue weighted by Gasteiger charge is -2.15.